The zero-order valence-electron chi connectivity index (χ0n) is 9.70. The molecule has 0 heterocycles. The molecule has 0 atom stereocenters. The van der Waals surface area contributed by atoms with Crippen molar-refractivity contribution >= 4 is 28.1 Å². The Morgan fingerprint density at radius 1 is 1.06 bits per heavy atom. The van der Waals surface area contributed by atoms with Gasteiger partial charge < -0.3 is 4.90 Å². The summed E-state index contributed by atoms with van der Waals surface area (Å²) in [7, 11) is 2.07. The van der Waals surface area contributed by atoms with Crippen LogP contribution in [0.2, 0.25) is 0 Å². The van der Waals surface area contributed by atoms with Crippen LogP contribution in [0.4, 0.5) is 5.69 Å². The number of nitrogens with zero attached hydrogens (tertiary/aromatic N) is 1. The second-order valence-corrected chi connectivity index (χ2v) is 4.52. The standard InChI is InChI=1S/C14H16ClN/c1-11-3-4-13-10-14(16(2)8-7-15)6-5-12(13)9-11/h3-6,9-10H,7-8H2,1-2H3. The molecular formula is C14H16ClN. The molecule has 0 amide bonds. The van der Waals surface area contributed by atoms with E-state index < -0.39 is 0 Å². The molecule has 0 radical (unpaired) electrons. The normalized spacial score (nSPS) is 10.7. The number of alkyl halides is 1. The minimum atomic E-state index is 0.655. The van der Waals surface area contributed by atoms with Crippen LogP contribution in [0.1, 0.15) is 5.56 Å². The van der Waals surface area contributed by atoms with Gasteiger partial charge in [-0.25, -0.2) is 0 Å². The van der Waals surface area contributed by atoms with E-state index in [1.807, 2.05) is 0 Å². The summed E-state index contributed by atoms with van der Waals surface area (Å²) in [5.41, 5.74) is 2.52. The molecule has 0 aliphatic heterocycles. The fourth-order valence-electron chi connectivity index (χ4n) is 1.85. The third-order valence-electron chi connectivity index (χ3n) is 2.84. The van der Waals surface area contributed by atoms with Crippen LogP contribution in [0.3, 0.4) is 0 Å². The zero-order chi connectivity index (χ0) is 11.5. The molecule has 16 heavy (non-hydrogen) atoms. The van der Waals surface area contributed by atoms with Crippen LogP contribution < -0.4 is 4.90 Å². The fraction of sp³-hybridized carbons (Fsp3) is 0.286. The number of fused-ring (bicyclic) bond motifs is 1. The Morgan fingerprint density at radius 2 is 1.75 bits per heavy atom. The van der Waals surface area contributed by atoms with Gasteiger partial charge in [0, 0.05) is 25.2 Å². The molecule has 0 aromatic heterocycles. The first kappa shape index (κ1) is 11.3. The molecule has 0 spiro atoms. The summed E-state index contributed by atoms with van der Waals surface area (Å²) < 4.78 is 0. The van der Waals surface area contributed by atoms with Crippen molar-refractivity contribution in [1.82, 2.24) is 0 Å². The number of hydrogen-bond acceptors (Lipinski definition) is 1. The lowest BCUT2D eigenvalue weighted by molar-refractivity contribution is 0.975. The average molecular weight is 234 g/mol. The van der Waals surface area contributed by atoms with Crippen molar-refractivity contribution in [2.24, 2.45) is 0 Å². The molecule has 0 saturated carbocycles. The minimum absolute atomic E-state index is 0.655. The molecule has 2 heteroatoms. The van der Waals surface area contributed by atoms with E-state index in [-0.39, 0.29) is 0 Å². The van der Waals surface area contributed by atoms with Crippen LogP contribution in [-0.4, -0.2) is 19.5 Å². The van der Waals surface area contributed by atoms with Gasteiger partial charge in [-0.15, -0.1) is 11.6 Å². The van der Waals surface area contributed by atoms with E-state index >= 15 is 0 Å². The number of anilines is 1. The van der Waals surface area contributed by atoms with Crippen molar-refractivity contribution in [3.05, 3.63) is 42.0 Å². The fourth-order valence-corrected chi connectivity index (χ4v) is 2.10. The Balaban J connectivity index is 2.40. The SMILES string of the molecule is Cc1ccc2cc(N(C)CCCl)ccc2c1. The number of aryl methyl sites for hydroxylation is 1. The highest BCUT2D eigenvalue weighted by Crippen LogP contribution is 2.22. The summed E-state index contributed by atoms with van der Waals surface area (Å²) in [6, 6.07) is 13.1. The summed E-state index contributed by atoms with van der Waals surface area (Å²) in [6.07, 6.45) is 0. The van der Waals surface area contributed by atoms with Gasteiger partial charge in [-0.3, -0.25) is 0 Å². The zero-order valence-corrected chi connectivity index (χ0v) is 10.5. The lowest BCUT2D eigenvalue weighted by atomic mass is 10.1. The lowest BCUT2D eigenvalue weighted by Gasteiger charge is -2.18. The van der Waals surface area contributed by atoms with Crippen molar-refractivity contribution in [3.8, 4) is 0 Å². The van der Waals surface area contributed by atoms with E-state index in [0.717, 1.165) is 6.54 Å². The molecule has 0 fully saturated rings. The topological polar surface area (TPSA) is 3.24 Å². The van der Waals surface area contributed by atoms with Crippen molar-refractivity contribution in [2.45, 2.75) is 6.92 Å². The van der Waals surface area contributed by atoms with Crippen molar-refractivity contribution in [2.75, 3.05) is 24.4 Å². The van der Waals surface area contributed by atoms with Gasteiger partial charge in [0.05, 0.1) is 0 Å². The molecule has 1 nitrogen and oxygen atoms in total. The third kappa shape index (κ3) is 2.30. The number of halogens is 1. The maximum atomic E-state index is 5.74. The van der Waals surface area contributed by atoms with Gasteiger partial charge in [0.25, 0.3) is 0 Å². The van der Waals surface area contributed by atoms with Crippen LogP contribution in [0.25, 0.3) is 10.8 Å². The summed E-state index contributed by atoms with van der Waals surface area (Å²) in [5.74, 6) is 0.655. The van der Waals surface area contributed by atoms with Crippen molar-refractivity contribution in [3.63, 3.8) is 0 Å². The van der Waals surface area contributed by atoms with Crippen LogP contribution in [0.5, 0.6) is 0 Å². The second-order valence-electron chi connectivity index (χ2n) is 4.15. The lowest BCUT2D eigenvalue weighted by Crippen LogP contribution is -2.19. The quantitative estimate of drug-likeness (QED) is 0.729. The number of rotatable bonds is 3. The molecule has 0 N–H and O–H groups in total. The van der Waals surface area contributed by atoms with E-state index in [9.17, 15) is 0 Å². The molecule has 2 aromatic rings. The first-order valence-corrected chi connectivity index (χ1v) is 6.01. The molecule has 84 valence electrons. The Bertz CT molecular complexity index is 493. The Hall–Kier alpha value is -1.21. The van der Waals surface area contributed by atoms with Gasteiger partial charge in [-0.05, 0) is 29.8 Å². The van der Waals surface area contributed by atoms with E-state index in [1.165, 1.54) is 22.0 Å². The first-order valence-electron chi connectivity index (χ1n) is 5.48. The Labute approximate surface area is 102 Å². The van der Waals surface area contributed by atoms with Crippen LogP contribution in [-0.2, 0) is 0 Å². The highest BCUT2D eigenvalue weighted by molar-refractivity contribution is 6.18. The summed E-state index contributed by atoms with van der Waals surface area (Å²) in [6.45, 7) is 2.99. The van der Waals surface area contributed by atoms with Crippen molar-refractivity contribution < 1.29 is 0 Å². The molecule has 0 saturated heterocycles. The van der Waals surface area contributed by atoms with Crippen LogP contribution in [0, 0.1) is 6.92 Å². The average Bonchev–Trinajstić information content (AvgIpc) is 2.28. The van der Waals surface area contributed by atoms with Gasteiger partial charge in [0.15, 0.2) is 0 Å². The van der Waals surface area contributed by atoms with Gasteiger partial charge >= 0.3 is 0 Å². The van der Waals surface area contributed by atoms with Crippen molar-refractivity contribution in [1.29, 1.82) is 0 Å². The largest absolute Gasteiger partial charge is 0.373 e. The predicted molar refractivity (Wildman–Crippen MR) is 72.7 cm³/mol. The Morgan fingerprint density at radius 3 is 2.50 bits per heavy atom. The second kappa shape index (κ2) is 4.75. The highest BCUT2D eigenvalue weighted by atomic mass is 35.5. The monoisotopic (exact) mass is 233 g/mol. The number of benzene rings is 2. The van der Waals surface area contributed by atoms with Gasteiger partial charge in [-0.1, -0.05) is 29.8 Å². The minimum Gasteiger partial charge on any atom is -0.373 e. The third-order valence-corrected chi connectivity index (χ3v) is 3.01. The van der Waals surface area contributed by atoms with Gasteiger partial charge in [-0.2, -0.15) is 0 Å². The molecule has 0 aliphatic rings. The number of hydrogen-bond donors (Lipinski definition) is 0. The first-order chi connectivity index (χ1) is 7.70. The maximum absolute atomic E-state index is 5.74. The van der Waals surface area contributed by atoms with Gasteiger partial charge in [0.1, 0.15) is 0 Å². The van der Waals surface area contributed by atoms with E-state index in [0.29, 0.717) is 5.88 Å². The smallest absolute Gasteiger partial charge is 0.0399 e. The molecule has 2 rings (SSSR count). The molecule has 2 aromatic carbocycles. The van der Waals surface area contributed by atoms with E-state index in [1.54, 1.807) is 0 Å². The molecule has 0 bridgehead atoms. The van der Waals surface area contributed by atoms with Crippen LogP contribution >= 0.6 is 11.6 Å². The maximum Gasteiger partial charge on any atom is 0.0399 e. The highest BCUT2D eigenvalue weighted by Gasteiger charge is 2.01. The van der Waals surface area contributed by atoms with Crippen LogP contribution in [0.15, 0.2) is 36.4 Å². The summed E-state index contributed by atoms with van der Waals surface area (Å²) in [5, 5.41) is 2.58. The predicted octanol–water partition coefficient (Wildman–Crippen LogP) is 3.82. The van der Waals surface area contributed by atoms with Gasteiger partial charge in [0.2, 0.25) is 0 Å². The molecule has 0 aliphatic carbocycles. The summed E-state index contributed by atoms with van der Waals surface area (Å²) >= 11 is 5.74. The van der Waals surface area contributed by atoms with E-state index in [2.05, 4.69) is 55.3 Å². The summed E-state index contributed by atoms with van der Waals surface area (Å²) in [4.78, 5) is 2.17. The van der Waals surface area contributed by atoms with E-state index in [4.69, 9.17) is 11.6 Å². The Kier molecular flexibility index (Phi) is 3.35. The molecular weight excluding hydrogens is 218 g/mol. The molecule has 0 unspecified atom stereocenters.